The van der Waals surface area contributed by atoms with Crippen LogP contribution in [0.3, 0.4) is 0 Å². The molecular formula is C21H28N2O3S. The summed E-state index contributed by atoms with van der Waals surface area (Å²) in [5.74, 6) is 1.48. The second kappa shape index (κ2) is 10.2. The number of rotatable bonds is 9. The molecule has 2 aromatic rings. The third-order valence-electron chi connectivity index (χ3n) is 4.33. The summed E-state index contributed by atoms with van der Waals surface area (Å²) in [6.07, 6.45) is 2.05. The molecule has 146 valence electrons. The van der Waals surface area contributed by atoms with E-state index >= 15 is 0 Å². The van der Waals surface area contributed by atoms with E-state index in [1.807, 2.05) is 37.2 Å². The summed E-state index contributed by atoms with van der Waals surface area (Å²) in [5.41, 5.74) is 2.11. The van der Waals surface area contributed by atoms with Gasteiger partial charge < -0.3 is 14.4 Å². The van der Waals surface area contributed by atoms with Crippen LogP contribution in [-0.4, -0.2) is 56.8 Å². The largest absolute Gasteiger partial charge is 0.493 e. The van der Waals surface area contributed by atoms with E-state index in [0.29, 0.717) is 31.1 Å². The molecular weight excluding hydrogens is 360 g/mol. The van der Waals surface area contributed by atoms with Gasteiger partial charge in [-0.25, -0.2) is 0 Å². The molecule has 27 heavy (non-hydrogen) atoms. The van der Waals surface area contributed by atoms with Crippen molar-refractivity contribution in [2.24, 2.45) is 0 Å². The molecule has 0 spiro atoms. The summed E-state index contributed by atoms with van der Waals surface area (Å²) < 4.78 is 10.8. The summed E-state index contributed by atoms with van der Waals surface area (Å²) in [6.45, 7) is 1.53. The van der Waals surface area contributed by atoms with Gasteiger partial charge in [0.1, 0.15) is 0 Å². The minimum absolute atomic E-state index is 0.0771. The fourth-order valence-corrected chi connectivity index (χ4v) is 3.28. The molecule has 0 saturated carbocycles. The predicted octanol–water partition coefficient (Wildman–Crippen LogP) is 3.52. The number of methoxy groups -OCH3 is 2. The van der Waals surface area contributed by atoms with Crippen molar-refractivity contribution >= 4 is 17.7 Å². The molecule has 6 heteroatoms. The van der Waals surface area contributed by atoms with Crippen LogP contribution in [0.2, 0.25) is 0 Å². The maximum absolute atomic E-state index is 12.6. The molecule has 0 aliphatic carbocycles. The van der Waals surface area contributed by atoms with E-state index in [0.717, 1.165) is 11.1 Å². The lowest BCUT2D eigenvalue weighted by Gasteiger charge is -2.23. The summed E-state index contributed by atoms with van der Waals surface area (Å²) >= 11 is 1.71. The number of amides is 1. The van der Waals surface area contributed by atoms with Crippen LogP contribution in [0.15, 0.2) is 47.4 Å². The van der Waals surface area contributed by atoms with Gasteiger partial charge in [-0.1, -0.05) is 24.3 Å². The van der Waals surface area contributed by atoms with E-state index in [9.17, 15) is 4.79 Å². The highest BCUT2D eigenvalue weighted by molar-refractivity contribution is 7.98. The Hall–Kier alpha value is -2.18. The van der Waals surface area contributed by atoms with Crippen molar-refractivity contribution in [3.8, 4) is 11.5 Å². The SMILES string of the molecule is COc1cccc(CN(C)CC(=O)N(C)Cc2ccc(SC)cc2)c1OC. The van der Waals surface area contributed by atoms with E-state index in [-0.39, 0.29) is 5.91 Å². The van der Waals surface area contributed by atoms with Gasteiger partial charge in [-0.05, 0) is 37.1 Å². The van der Waals surface area contributed by atoms with Crippen LogP contribution in [-0.2, 0) is 17.9 Å². The minimum Gasteiger partial charge on any atom is -0.493 e. The first-order valence-corrected chi connectivity index (χ1v) is 9.96. The van der Waals surface area contributed by atoms with Crippen LogP contribution in [0.5, 0.6) is 11.5 Å². The number of ether oxygens (including phenoxy) is 2. The average molecular weight is 389 g/mol. The van der Waals surface area contributed by atoms with Crippen molar-refractivity contribution in [1.29, 1.82) is 0 Å². The van der Waals surface area contributed by atoms with Gasteiger partial charge >= 0.3 is 0 Å². The van der Waals surface area contributed by atoms with Crippen molar-refractivity contribution in [3.05, 3.63) is 53.6 Å². The van der Waals surface area contributed by atoms with Gasteiger partial charge in [-0.2, -0.15) is 0 Å². The Morgan fingerprint density at radius 3 is 2.30 bits per heavy atom. The molecule has 0 aliphatic heterocycles. The van der Waals surface area contributed by atoms with Crippen LogP contribution in [0.25, 0.3) is 0 Å². The van der Waals surface area contributed by atoms with E-state index in [2.05, 4.69) is 30.5 Å². The van der Waals surface area contributed by atoms with E-state index in [4.69, 9.17) is 9.47 Å². The maximum atomic E-state index is 12.6. The number of para-hydroxylation sites is 1. The van der Waals surface area contributed by atoms with Crippen LogP contribution in [0.1, 0.15) is 11.1 Å². The third kappa shape index (κ3) is 5.91. The molecule has 0 radical (unpaired) electrons. The molecule has 0 atom stereocenters. The maximum Gasteiger partial charge on any atom is 0.236 e. The normalized spacial score (nSPS) is 10.7. The Morgan fingerprint density at radius 1 is 1.00 bits per heavy atom. The van der Waals surface area contributed by atoms with Crippen LogP contribution < -0.4 is 9.47 Å². The number of nitrogens with zero attached hydrogens (tertiary/aromatic N) is 2. The van der Waals surface area contributed by atoms with Crippen LogP contribution in [0.4, 0.5) is 0 Å². The van der Waals surface area contributed by atoms with Crippen molar-refractivity contribution in [1.82, 2.24) is 9.80 Å². The Kier molecular flexibility index (Phi) is 8.00. The number of hydrogen-bond donors (Lipinski definition) is 0. The van der Waals surface area contributed by atoms with Gasteiger partial charge in [0, 0.05) is 30.6 Å². The second-order valence-electron chi connectivity index (χ2n) is 6.42. The molecule has 0 unspecified atom stereocenters. The van der Waals surface area contributed by atoms with Crippen molar-refractivity contribution in [3.63, 3.8) is 0 Å². The molecule has 0 aromatic heterocycles. The van der Waals surface area contributed by atoms with E-state index < -0.39 is 0 Å². The van der Waals surface area contributed by atoms with E-state index in [1.54, 1.807) is 30.9 Å². The fourth-order valence-electron chi connectivity index (χ4n) is 2.87. The minimum atomic E-state index is 0.0771. The lowest BCUT2D eigenvalue weighted by molar-refractivity contribution is -0.131. The molecule has 1 amide bonds. The monoisotopic (exact) mass is 388 g/mol. The smallest absolute Gasteiger partial charge is 0.236 e. The van der Waals surface area contributed by atoms with Crippen molar-refractivity contribution < 1.29 is 14.3 Å². The molecule has 0 fully saturated rings. The van der Waals surface area contributed by atoms with Crippen molar-refractivity contribution in [2.45, 2.75) is 18.0 Å². The number of benzene rings is 2. The van der Waals surface area contributed by atoms with Gasteiger partial charge in [0.2, 0.25) is 5.91 Å². The number of likely N-dealkylation sites (N-methyl/N-ethyl adjacent to an activating group) is 2. The van der Waals surface area contributed by atoms with Crippen LogP contribution >= 0.6 is 11.8 Å². The highest BCUT2D eigenvalue weighted by atomic mass is 32.2. The Balaban J connectivity index is 1.94. The second-order valence-corrected chi connectivity index (χ2v) is 7.30. The Morgan fingerprint density at radius 2 is 1.70 bits per heavy atom. The molecule has 0 bridgehead atoms. The highest BCUT2D eigenvalue weighted by Gasteiger charge is 2.15. The molecule has 5 nitrogen and oxygen atoms in total. The first-order chi connectivity index (χ1) is 13.0. The number of thioether (sulfide) groups is 1. The predicted molar refractivity (Wildman–Crippen MR) is 111 cm³/mol. The topological polar surface area (TPSA) is 42.0 Å². The van der Waals surface area contributed by atoms with Gasteiger partial charge in [-0.3, -0.25) is 9.69 Å². The molecule has 0 N–H and O–H groups in total. The first kappa shape index (κ1) is 21.1. The first-order valence-electron chi connectivity index (χ1n) is 8.73. The molecule has 0 heterocycles. The highest BCUT2D eigenvalue weighted by Crippen LogP contribution is 2.31. The third-order valence-corrected chi connectivity index (χ3v) is 5.08. The van der Waals surface area contributed by atoms with Gasteiger partial charge in [0.15, 0.2) is 11.5 Å². The van der Waals surface area contributed by atoms with Gasteiger partial charge in [0.05, 0.1) is 20.8 Å². The summed E-state index contributed by atoms with van der Waals surface area (Å²) in [7, 11) is 7.01. The van der Waals surface area contributed by atoms with Gasteiger partial charge in [0.25, 0.3) is 0 Å². The summed E-state index contributed by atoms with van der Waals surface area (Å²) in [6, 6.07) is 14.1. The number of carbonyl (C=O) groups is 1. The summed E-state index contributed by atoms with van der Waals surface area (Å²) in [5, 5.41) is 0. The standard InChI is InChI=1S/C21H28N2O3S/c1-22(14-17-7-6-8-19(25-3)21(17)26-4)15-20(24)23(2)13-16-9-11-18(27-5)12-10-16/h6-12H,13-15H2,1-5H3. The van der Waals surface area contributed by atoms with Gasteiger partial charge in [-0.15, -0.1) is 11.8 Å². The lowest BCUT2D eigenvalue weighted by atomic mass is 10.1. The lowest BCUT2D eigenvalue weighted by Crippen LogP contribution is -2.36. The van der Waals surface area contributed by atoms with Crippen LogP contribution in [0, 0.1) is 0 Å². The van der Waals surface area contributed by atoms with Crippen molar-refractivity contribution in [2.75, 3.05) is 41.1 Å². The Bertz CT molecular complexity index is 750. The quantitative estimate of drug-likeness (QED) is 0.615. The molecule has 2 aromatic carbocycles. The summed E-state index contributed by atoms with van der Waals surface area (Å²) in [4.78, 5) is 17.5. The average Bonchev–Trinajstić information content (AvgIpc) is 2.68. The fraction of sp³-hybridized carbons (Fsp3) is 0.381. The zero-order valence-electron chi connectivity index (χ0n) is 16.7. The molecule has 0 saturated heterocycles. The van der Waals surface area contributed by atoms with E-state index in [1.165, 1.54) is 4.90 Å². The molecule has 0 aliphatic rings. The zero-order valence-corrected chi connectivity index (χ0v) is 17.5. The molecule has 2 rings (SSSR count). The zero-order chi connectivity index (χ0) is 19.8. The number of hydrogen-bond acceptors (Lipinski definition) is 5. The number of carbonyl (C=O) groups excluding carboxylic acids is 1. The Labute approximate surface area is 166 Å².